The van der Waals surface area contributed by atoms with Gasteiger partial charge in [0, 0.05) is 31.1 Å². The Hall–Kier alpha value is -1.81. The van der Waals surface area contributed by atoms with E-state index in [-0.39, 0.29) is 5.91 Å². The zero-order valence-corrected chi connectivity index (χ0v) is 11.5. The van der Waals surface area contributed by atoms with E-state index in [1.807, 2.05) is 29.2 Å². The molecular formula is C16H18N2O2. The number of fused-ring (bicyclic) bond motifs is 2. The number of benzene rings is 1. The van der Waals surface area contributed by atoms with Gasteiger partial charge in [0.2, 0.25) is 0 Å². The summed E-state index contributed by atoms with van der Waals surface area (Å²) < 4.78 is 5.50. The van der Waals surface area contributed by atoms with Crippen LogP contribution in [0, 0.1) is 11.8 Å². The van der Waals surface area contributed by atoms with Crippen LogP contribution in [0.1, 0.15) is 17.3 Å². The first-order valence-electron chi connectivity index (χ1n) is 7.23. The minimum absolute atomic E-state index is 0.108. The van der Waals surface area contributed by atoms with Crippen LogP contribution < -0.4 is 5.32 Å². The zero-order chi connectivity index (χ0) is 13.7. The monoisotopic (exact) mass is 270 g/mol. The molecule has 2 fully saturated rings. The molecular weight excluding hydrogens is 252 g/mol. The molecule has 1 amide bonds. The summed E-state index contributed by atoms with van der Waals surface area (Å²) in [6, 6.07) is 8.03. The van der Waals surface area contributed by atoms with Gasteiger partial charge in [0.1, 0.15) is 11.8 Å². The predicted molar refractivity (Wildman–Crippen MR) is 76.6 cm³/mol. The number of hydrogen-bond acceptors (Lipinski definition) is 3. The van der Waals surface area contributed by atoms with Gasteiger partial charge in [0.25, 0.3) is 5.91 Å². The third-order valence-electron chi connectivity index (χ3n) is 4.91. The number of nitrogens with one attached hydrogen (secondary N) is 1. The van der Waals surface area contributed by atoms with Crippen LogP contribution in [0.3, 0.4) is 0 Å². The second kappa shape index (κ2) is 4.35. The number of para-hydroxylation sites is 1. The largest absolute Gasteiger partial charge is 0.463 e. The minimum Gasteiger partial charge on any atom is -0.463 e. The number of likely N-dealkylation sites (tertiary alicyclic amines) is 1. The van der Waals surface area contributed by atoms with Crippen LogP contribution in [0.25, 0.3) is 11.0 Å². The summed E-state index contributed by atoms with van der Waals surface area (Å²) in [4.78, 5) is 14.8. The topological polar surface area (TPSA) is 45.5 Å². The van der Waals surface area contributed by atoms with Crippen LogP contribution in [0.2, 0.25) is 0 Å². The van der Waals surface area contributed by atoms with Crippen molar-refractivity contribution in [3.05, 3.63) is 36.1 Å². The maximum atomic E-state index is 12.8. The molecule has 1 aromatic carbocycles. The van der Waals surface area contributed by atoms with Crippen LogP contribution in [-0.2, 0) is 0 Å². The van der Waals surface area contributed by atoms with Crippen molar-refractivity contribution in [2.24, 2.45) is 11.8 Å². The summed E-state index contributed by atoms with van der Waals surface area (Å²) >= 11 is 0. The fourth-order valence-corrected chi connectivity index (χ4v) is 3.73. The number of furan rings is 1. The van der Waals surface area contributed by atoms with Gasteiger partial charge in [-0.1, -0.05) is 18.2 Å². The number of carbonyl (C=O) groups is 1. The third-order valence-corrected chi connectivity index (χ3v) is 4.91. The average molecular weight is 270 g/mol. The van der Waals surface area contributed by atoms with Crippen LogP contribution in [0.4, 0.5) is 0 Å². The van der Waals surface area contributed by atoms with E-state index >= 15 is 0 Å². The second-order valence-corrected chi connectivity index (χ2v) is 5.93. The van der Waals surface area contributed by atoms with E-state index < -0.39 is 0 Å². The molecule has 3 atom stereocenters. The predicted octanol–water partition coefficient (Wildman–Crippen LogP) is 2.11. The van der Waals surface area contributed by atoms with E-state index in [9.17, 15) is 4.79 Å². The van der Waals surface area contributed by atoms with Crippen molar-refractivity contribution in [2.75, 3.05) is 19.6 Å². The molecule has 20 heavy (non-hydrogen) atoms. The lowest BCUT2D eigenvalue weighted by molar-refractivity contribution is 0.0729. The molecule has 1 aromatic heterocycles. The molecule has 4 rings (SSSR count). The minimum atomic E-state index is 0.108. The van der Waals surface area contributed by atoms with E-state index in [1.165, 1.54) is 0 Å². The first-order valence-corrected chi connectivity index (χ1v) is 7.23. The Balaban J connectivity index is 1.68. The second-order valence-electron chi connectivity index (χ2n) is 5.93. The van der Waals surface area contributed by atoms with Crippen molar-refractivity contribution in [3.63, 3.8) is 0 Å². The lowest BCUT2D eigenvalue weighted by atomic mass is 9.95. The molecule has 0 aliphatic carbocycles. The normalized spacial score (nSPS) is 29.1. The molecule has 4 heteroatoms. The first kappa shape index (κ1) is 12.0. The van der Waals surface area contributed by atoms with Gasteiger partial charge >= 0.3 is 0 Å². The molecule has 4 nitrogen and oxygen atoms in total. The molecule has 2 saturated heterocycles. The summed E-state index contributed by atoms with van der Waals surface area (Å²) in [6.45, 7) is 5.09. The third kappa shape index (κ3) is 1.61. The Morgan fingerprint density at radius 1 is 1.35 bits per heavy atom. The van der Waals surface area contributed by atoms with Gasteiger partial charge in [0.05, 0.1) is 5.56 Å². The fraction of sp³-hybridized carbons (Fsp3) is 0.438. The van der Waals surface area contributed by atoms with Gasteiger partial charge in [-0.3, -0.25) is 4.79 Å². The number of amides is 1. The van der Waals surface area contributed by atoms with E-state index in [0.717, 1.165) is 30.6 Å². The number of hydrogen-bond donors (Lipinski definition) is 1. The van der Waals surface area contributed by atoms with Crippen molar-refractivity contribution in [2.45, 2.75) is 13.0 Å². The lowest BCUT2D eigenvalue weighted by Gasteiger charge is -2.24. The zero-order valence-electron chi connectivity index (χ0n) is 11.5. The standard InChI is InChI=1S/C16H18N2O2/c1-10-13-7-17-6-11(13)8-18(10)16(19)14-9-20-15-5-3-2-4-12(14)15/h2-5,9-11,13,17H,6-8H2,1H3. The van der Waals surface area contributed by atoms with E-state index in [1.54, 1.807) is 6.26 Å². The molecule has 3 heterocycles. The molecule has 3 unspecified atom stereocenters. The van der Waals surface area contributed by atoms with Gasteiger partial charge < -0.3 is 14.6 Å². The maximum Gasteiger partial charge on any atom is 0.258 e. The molecule has 104 valence electrons. The molecule has 0 bridgehead atoms. The molecule has 2 aliphatic rings. The van der Waals surface area contributed by atoms with Crippen LogP contribution in [0.5, 0.6) is 0 Å². The molecule has 0 spiro atoms. The van der Waals surface area contributed by atoms with Gasteiger partial charge in [-0.15, -0.1) is 0 Å². The van der Waals surface area contributed by atoms with Gasteiger partial charge in [0.15, 0.2) is 0 Å². The molecule has 0 radical (unpaired) electrons. The summed E-state index contributed by atoms with van der Waals surface area (Å²) in [5, 5.41) is 4.34. The van der Waals surface area contributed by atoms with E-state index in [2.05, 4.69) is 12.2 Å². The SMILES string of the molecule is CC1C2CNCC2CN1C(=O)c1coc2ccccc12. The van der Waals surface area contributed by atoms with E-state index in [4.69, 9.17) is 4.42 Å². The van der Waals surface area contributed by atoms with Gasteiger partial charge in [-0.05, 0) is 24.8 Å². The molecule has 2 aliphatic heterocycles. The van der Waals surface area contributed by atoms with Crippen LogP contribution >= 0.6 is 0 Å². The van der Waals surface area contributed by atoms with E-state index in [0.29, 0.717) is 23.4 Å². The maximum absolute atomic E-state index is 12.8. The first-order chi connectivity index (χ1) is 9.75. The Bertz CT molecular complexity index is 663. The Morgan fingerprint density at radius 3 is 3.05 bits per heavy atom. The van der Waals surface area contributed by atoms with Crippen molar-refractivity contribution >= 4 is 16.9 Å². The van der Waals surface area contributed by atoms with Crippen LogP contribution in [-0.4, -0.2) is 36.5 Å². The molecule has 2 aromatic rings. The van der Waals surface area contributed by atoms with Crippen molar-refractivity contribution in [1.82, 2.24) is 10.2 Å². The lowest BCUT2D eigenvalue weighted by Crippen LogP contribution is -2.38. The van der Waals surface area contributed by atoms with Crippen molar-refractivity contribution in [1.29, 1.82) is 0 Å². The highest BCUT2D eigenvalue weighted by Gasteiger charge is 2.44. The number of nitrogens with zero attached hydrogens (tertiary/aromatic N) is 1. The number of rotatable bonds is 1. The Labute approximate surface area is 117 Å². The summed E-state index contributed by atoms with van der Waals surface area (Å²) in [7, 11) is 0. The highest BCUT2D eigenvalue weighted by Crippen LogP contribution is 2.34. The highest BCUT2D eigenvalue weighted by atomic mass is 16.3. The average Bonchev–Trinajstić information content (AvgIpc) is 3.14. The quantitative estimate of drug-likeness (QED) is 0.863. The Morgan fingerprint density at radius 2 is 2.20 bits per heavy atom. The Kier molecular flexibility index (Phi) is 2.60. The molecule has 1 N–H and O–H groups in total. The van der Waals surface area contributed by atoms with Crippen molar-refractivity contribution < 1.29 is 9.21 Å². The fourth-order valence-electron chi connectivity index (χ4n) is 3.73. The summed E-state index contributed by atoms with van der Waals surface area (Å²) in [5.41, 5.74) is 1.48. The summed E-state index contributed by atoms with van der Waals surface area (Å²) in [6.07, 6.45) is 1.60. The smallest absolute Gasteiger partial charge is 0.258 e. The van der Waals surface area contributed by atoms with Crippen molar-refractivity contribution in [3.8, 4) is 0 Å². The number of carbonyl (C=O) groups excluding carboxylic acids is 1. The van der Waals surface area contributed by atoms with Gasteiger partial charge in [-0.2, -0.15) is 0 Å². The summed E-state index contributed by atoms with van der Waals surface area (Å²) in [5.74, 6) is 1.31. The molecule has 0 saturated carbocycles. The van der Waals surface area contributed by atoms with Crippen LogP contribution in [0.15, 0.2) is 34.9 Å². The van der Waals surface area contributed by atoms with Gasteiger partial charge in [-0.25, -0.2) is 0 Å². The highest BCUT2D eigenvalue weighted by molar-refractivity contribution is 6.06.